The van der Waals surface area contributed by atoms with Crippen LogP contribution in [0, 0.1) is 0 Å². The fraction of sp³-hybridized carbons (Fsp3) is 0.733. The van der Waals surface area contributed by atoms with Crippen molar-refractivity contribution in [2.75, 3.05) is 27.2 Å². The first-order chi connectivity index (χ1) is 5.83. The molecule has 0 heterocycles. The summed E-state index contributed by atoms with van der Waals surface area (Å²) in [5.74, 6) is 0. The van der Waals surface area contributed by atoms with Gasteiger partial charge in [-0.25, -0.2) is 0 Å². The summed E-state index contributed by atoms with van der Waals surface area (Å²) in [5, 5.41) is 0. The molecule has 0 aromatic heterocycles. The van der Waals surface area contributed by atoms with Gasteiger partial charge in [-0.3, -0.25) is 0 Å². The molecule has 0 atom stereocenters. The molecule has 0 saturated carbocycles. The van der Waals surface area contributed by atoms with Crippen LogP contribution in [0.1, 0.15) is 51.0 Å². The van der Waals surface area contributed by atoms with Crippen molar-refractivity contribution >= 4 is 37.2 Å². The fourth-order valence-corrected chi connectivity index (χ4v) is 1.52. The summed E-state index contributed by atoms with van der Waals surface area (Å²) in [6.45, 7) is 14.0. The van der Waals surface area contributed by atoms with E-state index in [4.69, 9.17) is 0 Å². The molecule has 0 N–H and O–H groups in total. The Kier molecular flexibility index (Phi) is 54.7. The van der Waals surface area contributed by atoms with E-state index in [1.807, 2.05) is 0 Å². The van der Waals surface area contributed by atoms with Crippen LogP contribution in [0.25, 0.3) is 0 Å². The van der Waals surface area contributed by atoms with E-state index in [1.54, 1.807) is 0 Å². The Morgan fingerprint density at radius 3 is 1.06 bits per heavy atom. The zero-order valence-electron chi connectivity index (χ0n) is 9.03. The molecule has 1 nitrogen and oxygen atoms in total. The molecule has 0 saturated heterocycles. The van der Waals surface area contributed by atoms with Crippen molar-refractivity contribution in [2.24, 2.45) is 0 Å². The summed E-state index contributed by atoms with van der Waals surface area (Å²) in [7, 11) is 4.40. The first kappa shape index (κ1) is 42.8. The predicted octanol–water partition coefficient (Wildman–Crippen LogP) is 7.17. The highest BCUT2D eigenvalue weighted by molar-refractivity contribution is 15.0. The number of likely N-dealkylation sites (N-methyl/N-ethyl adjacent to an activating group) is 1. The Morgan fingerprint density at radius 1 is 0.778 bits per heavy atom. The Balaban J connectivity index is -0.0000000328. The molecule has 18 heavy (non-hydrogen) atoms. The summed E-state index contributed by atoms with van der Waals surface area (Å²) in [5.41, 5.74) is 2.47. The Morgan fingerprint density at radius 2 is 0.944 bits per heavy atom. The zero-order valence-corrected chi connectivity index (χ0v) is 13.3. The highest BCUT2D eigenvalue weighted by atomic mass is 128. The van der Waals surface area contributed by atoms with Crippen LogP contribution in [0.5, 0.6) is 0 Å². The predicted molar refractivity (Wildman–Crippen MR) is 113 cm³/mol. The largest absolute Gasteiger partial charge is 0.322 e. The number of hydrogen-bond acceptors (Lipinski definition) is 0. The molecule has 0 spiro atoms. The first-order valence-electron chi connectivity index (χ1n) is 4.08. The third kappa shape index (κ3) is 36.0. The van der Waals surface area contributed by atoms with Gasteiger partial charge < -0.3 is 4.48 Å². The van der Waals surface area contributed by atoms with E-state index in [0.717, 1.165) is 17.6 Å². The summed E-state index contributed by atoms with van der Waals surface area (Å²) < 4.78 is 0.963. The van der Waals surface area contributed by atoms with Crippen molar-refractivity contribution in [3.8, 4) is 0 Å². The van der Waals surface area contributed by atoms with E-state index < -0.39 is 0 Å². The van der Waals surface area contributed by atoms with Gasteiger partial charge in [0, 0.05) is 37.2 Å². The molecule has 0 rings (SSSR count). The van der Waals surface area contributed by atoms with E-state index in [1.165, 1.54) is 11.1 Å². The van der Waals surface area contributed by atoms with E-state index >= 15 is 0 Å². The molecule has 0 aromatic carbocycles. The molecular weight excluding hydrogens is 448 g/mol. The summed E-state index contributed by atoms with van der Waals surface area (Å²) in [6.07, 6.45) is 0. The molecule has 0 bridgehead atoms. The molecule has 0 aliphatic heterocycles. The standard InChI is InChI=1S/C10H20N.5CH4.I2/c1-9(2)7-11(5,6)8-10(3)4;;;;;;1-2/h1,3,7-8H2,2,4-6H3;5*1H4;/q+1;;;;;;. The number of rotatable bonds is 4. The Labute approximate surface area is 143 Å². The van der Waals surface area contributed by atoms with E-state index in [0.29, 0.717) is 0 Å². The maximum atomic E-state index is 3.90. The molecule has 0 aliphatic rings. The minimum Gasteiger partial charge on any atom is -0.322 e. The minimum absolute atomic E-state index is 0. The summed E-state index contributed by atoms with van der Waals surface area (Å²) in [6, 6.07) is 0. The highest BCUT2D eigenvalue weighted by Crippen LogP contribution is 2.05. The second-order valence-electron chi connectivity index (χ2n) is 4.17. The monoisotopic (exact) mass is 488 g/mol. The normalized spacial score (nSPS) is 7.22. The molecule has 0 aromatic rings. The van der Waals surface area contributed by atoms with Crippen LogP contribution in [-0.2, 0) is 0 Å². The number of hydrogen-bond donors (Lipinski definition) is 0. The van der Waals surface area contributed by atoms with Crippen LogP contribution >= 0.6 is 37.2 Å². The fourth-order valence-electron chi connectivity index (χ4n) is 1.52. The van der Waals surface area contributed by atoms with Gasteiger partial charge in [-0.05, 0) is 25.0 Å². The molecule has 3 heteroatoms. The Bertz CT molecular complexity index is 157. The van der Waals surface area contributed by atoms with E-state index in [-0.39, 0.29) is 37.1 Å². The van der Waals surface area contributed by atoms with Crippen molar-refractivity contribution in [3.63, 3.8) is 0 Å². The van der Waals surface area contributed by atoms with Gasteiger partial charge in [-0.2, -0.15) is 0 Å². The van der Waals surface area contributed by atoms with Crippen molar-refractivity contribution in [2.45, 2.75) is 51.0 Å². The van der Waals surface area contributed by atoms with Crippen LogP contribution in [0.2, 0.25) is 0 Å². The second kappa shape index (κ2) is 23.0. The lowest BCUT2D eigenvalue weighted by molar-refractivity contribution is -0.880. The second-order valence-corrected chi connectivity index (χ2v) is 4.17. The van der Waals surface area contributed by atoms with Crippen molar-refractivity contribution in [1.29, 1.82) is 0 Å². The third-order valence-electron chi connectivity index (χ3n) is 1.40. The van der Waals surface area contributed by atoms with Gasteiger partial charge in [-0.1, -0.05) is 50.3 Å². The van der Waals surface area contributed by atoms with Gasteiger partial charge in [0.2, 0.25) is 0 Å². The van der Waals surface area contributed by atoms with E-state index in [2.05, 4.69) is 78.3 Å². The quantitative estimate of drug-likeness (QED) is 0.224. The highest BCUT2D eigenvalue weighted by Gasteiger charge is 2.14. The van der Waals surface area contributed by atoms with Crippen LogP contribution < -0.4 is 0 Å². The Hall–Kier alpha value is 0.900. The topological polar surface area (TPSA) is 0 Å². The number of quaternary nitrogens is 1. The lowest BCUT2D eigenvalue weighted by Crippen LogP contribution is -2.41. The molecule has 0 radical (unpaired) electrons. The molecule has 0 fully saturated rings. The summed E-state index contributed by atoms with van der Waals surface area (Å²) in [4.78, 5) is 0. The average molecular weight is 488 g/mol. The van der Waals surface area contributed by atoms with E-state index in [9.17, 15) is 0 Å². The molecular formula is C15H40I2N+. The first-order valence-corrected chi connectivity index (χ1v) is 10.4. The number of nitrogens with zero attached hydrogens (tertiary/aromatic N) is 1. The minimum atomic E-state index is 0. The molecule has 0 aliphatic carbocycles. The zero-order chi connectivity index (χ0) is 11.1. The van der Waals surface area contributed by atoms with Crippen LogP contribution in [-0.4, -0.2) is 31.7 Å². The lowest BCUT2D eigenvalue weighted by atomic mass is 10.2. The maximum Gasteiger partial charge on any atom is 0.0996 e. The maximum absolute atomic E-state index is 3.90. The number of halogens is 2. The lowest BCUT2D eigenvalue weighted by Gasteiger charge is -2.30. The van der Waals surface area contributed by atoms with Gasteiger partial charge in [0.1, 0.15) is 0 Å². The SMILES string of the molecule is C.C.C.C.C.C=C(C)C[N+](C)(C)CC(=C)C.II. The van der Waals surface area contributed by atoms with Gasteiger partial charge in [0.25, 0.3) is 0 Å². The average Bonchev–Trinajstić information content (AvgIpc) is 1.85. The van der Waals surface area contributed by atoms with Crippen LogP contribution in [0.4, 0.5) is 0 Å². The smallest absolute Gasteiger partial charge is 0.0996 e. The molecule has 0 unspecified atom stereocenters. The van der Waals surface area contributed by atoms with Crippen molar-refractivity contribution < 1.29 is 4.48 Å². The molecule has 118 valence electrons. The van der Waals surface area contributed by atoms with Crippen LogP contribution in [0.3, 0.4) is 0 Å². The summed E-state index contributed by atoms with van der Waals surface area (Å²) >= 11 is 4.24. The van der Waals surface area contributed by atoms with Gasteiger partial charge in [0.05, 0.1) is 27.2 Å². The van der Waals surface area contributed by atoms with Crippen LogP contribution in [0.15, 0.2) is 24.3 Å². The van der Waals surface area contributed by atoms with Gasteiger partial charge in [-0.15, -0.1) is 0 Å². The van der Waals surface area contributed by atoms with Crippen molar-refractivity contribution in [3.05, 3.63) is 24.3 Å². The van der Waals surface area contributed by atoms with Gasteiger partial charge >= 0.3 is 0 Å². The molecule has 0 amide bonds. The third-order valence-corrected chi connectivity index (χ3v) is 1.40. The van der Waals surface area contributed by atoms with Gasteiger partial charge in [0.15, 0.2) is 0 Å². The van der Waals surface area contributed by atoms with Crippen molar-refractivity contribution in [1.82, 2.24) is 0 Å².